The summed E-state index contributed by atoms with van der Waals surface area (Å²) in [6.45, 7) is 0. The van der Waals surface area contributed by atoms with Gasteiger partial charge in [0.1, 0.15) is 5.52 Å². The smallest absolute Gasteiger partial charge is 0.320 e. The van der Waals surface area contributed by atoms with Crippen LogP contribution < -0.4 is 9.64 Å². The number of hydrogen-bond donors (Lipinski definition) is 1. The Balaban J connectivity index is 2.70. The molecule has 0 amide bonds. The van der Waals surface area contributed by atoms with Gasteiger partial charge in [-0.3, -0.25) is 0 Å². The van der Waals surface area contributed by atoms with E-state index in [2.05, 4.69) is 19.9 Å². The highest BCUT2D eigenvalue weighted by molar-refractivity contribution is 5.83. The van der Waals surface area contributed by atoms with Gasteiger partial charge in [-0.2, -0.15) is 9.97 Å². The topological polar surface area (TPSA) is 66.9 Å². The maximum absolute atomic E-state index is 4.98. The Hall–Kier alpha value is -1.85. The highest BCUT2D eigenvalue weighted by atomic mass is 16.5. The van der Waals surface area contributed by atoms with Gasteiger partial charge in [0.25, 0.3) is 0 Å². The lowest BCUT2D eigenvalue weighted by molar-refractivity contribution is 0.382. The van der Waals surface area contributed by atoms with Crippen molar-refractivity contribution in [3.05, 3.63) is 6.33 Å². The van der Waals surface area contributed by atoms with Crippen LogP contribution in [0.5, 0.6) is 6.01 Å². The minimum Gasteiger partial charge on any atom is -0.467 e. The first-order chi connectivity index (χ1) is 6.72. The van der Waals surface area contributed by atoms with Gasteiger partial charge < -0.3 is 14.6 Å². The molecule has 0 spiro atoms. The van der Waals surface area contributed by atoms with E-state index < -0.39 is 0 Å². The Bertz CT molecular complexity index is 450. The molecule has 2 rings (SSSR count). The number of nitrogens with one attached hydrogen (secondary N) is 1. The van der Waals surface area contributed by atoms with E-state index in [1.165, 1.54) is 7.11 Å². The molecule has 1 N–H and O–H groups in total. The van der Waals surface area contributed by atoms with Crippen LogP contribution in [0.4, 0.5) is 5.82 Å². The van der Waals surface area contributed by atoms with Crippen LogP contribution in [0.25, 0.3) is 11.2 Å². The van der Waals surface area contributed by atoms with Gasteiger partial charge in [-0.25, -0.2) is 4.98 Å². The lowest BCUT2D eigenvalue weighted by Gasteiger charge is -2.11. The quantitative estimate of drug-likeness (QED) is 0.749. The van der Waals surface area contributed by atoms with Gasteiger partial charge in [-0.15, -0.1) is 0 Å². The van der Waals surface area contributed by atoms with Crippen molar-refractivity contribution < 1.29 is 4.74 Å². The predicted molar refractivity (Wildman–Crippen MR) is 52.6 cm³/mol. The molecule has 2 aromatic rings. The van der Waals surface area contributed by atoms with Crippen LogP contribution in [0.2, 0.25) is 0 Å². The van der Waals surface area contributed by atoms with Crippen LogP contribution in [0, 0.1) is 0 Å². The molecule has 6 heteroatoms. The Kier molecular flexibility index (Phi) is 1.95. The van der Waals surface area contributed by atoms with Crippen molar-refractivity contribution in [2.24, 2.45) is 0 Å². The monoisotopic (exact) mass is 193 g/mol. The van der Waals surface area contributed by atoms with Gasteiger partial charge in [-0.05, 0) is 0 Å². The van der Waals surface area contributed by atoms with E-state index >= 15 is 0 Å². The molecule has 6 nitrogen and oxygen atoms in total. The first-order valence-corrected chi connectivity index (χ1v) is 4.15. The van der Waals surface area contributed by atoms with Crippen molar-refractivity contribution in [2.45, 2.75) is 0 Å². The Morgan fingerprint density at radius 3 is 2.79 bits per heavy atom. The SMILES string of the molecule is COc1nc(N(C)C)c2[nH]cnc2n1. The van der Waals surface area contributed by atoms with E-state index in [0.29, 0.717) is 11.7 Å². The van der Waals surface area contributed by atoms with Gasteiger partial charge in [0.15, 0.2) is 11.5 Å². The Morgan fingerprint density at radius 1 is 1.36 bits per heavy atom. The zero-order valence-corrected chi connectivity index (χ0v) is 8.27. The summed E-state index contributed by atoms with van der Waals surface area (Å²) in [7, 11) is 5.34. The maximum Gasteiger partial charge on any atom is 0.320 e. The minimum absolute atomic E-state index is 0.327. The van der Waals surface area contributed by atoms with Crippen LogP contribution in [0.1, 0.15) is 0 Å². The molecule has 0 radical (unpaired) electrons. The van der Waals surface area contributed by atoms with E-state index in [-0.39, 0.29) is 0 Å². The number of hydrogen-bond acceptors (Lipinski definition) is 5. The van der Waals surface area contributed by atoms with Crippen molar-refractivity contribution in [1.82, 2.24) is 19.9 Å². The van der Waals surface area contributed by atoms with Crippen LogP contribution >= 0.6 is 0 Å². The number of aromatic amines is 1. The van der Waals surface area contributed by atoms with E-state index in [0.717, 1.165) is 11.3 Å². The van der Waals surface area contributed by atoms with Gasteiger partial charge >= 0.3 is 6.01 Å². The lowest BCUT2D eigenvalue weighted by Crippen LogP contribution is -2.12. The first-order valence-electron chi connectivity index (χ1n) is 4.15. The van der Waals surface area contributed by atoms with E-state index in [1.807, 2.05) is 19.0 Å². The summed E-state index contributed by atoms with van der Waals surface area (Å²) in [5.41, 5.74) is 1.43. The minimum atomic E-state index is 0.327. The second-order valence-corrected chi connectivity index (χ2v) is 3.03. The molecule has 0 aliphatic rings. The summed E-state index contributed by atoms with van der Waals surface area (Å²) in [6.07, 6.45) is 1.59. The molecule has 0 aliphatic heterocycles. The van der Waals surface area contributed by atoms with Crippen LogP contribution in [0.3, 0.4) is 0 Å². The molecule has 74 valence electrons. The molecule has 0 fully saturated rings. The zero-order chi connectivity index (χ0) is 10.1. The summed E-state index contributed by atoms with van der Waals surface area (Å²) < 4.78 is 4.98. The van der Waals surface area contributed by atoms with Crippen LogP contribution in [0.15, 0.2) is 6.33 Å². The fraction of sp³-hybridized carbons (Fsp3) is 0.375. The summed E-state index contributed by atoms with van der Waals surface area (Å²) in [6, 6.07) is 0.327. The van der Waals surface area contributed by atoms with E-state index in [4.69, 9.17) is 4.74 Å². The molecule has 0 aromatic carbocycles. The van der Waals surface area contributed by atoms with Crippen LogP contribution in [-0.4, -0.2) is 41.1 Å². The van der Waals surface area contributed by atoms with Crippen molar-refractivity contribution in [2.75, 3.05) is 26.1 Å². The average molecular weight is 193 g/mol. The van der Waals surface area contributed by atoms with Crippen molar-refractivity contribution >= 4 is 17.0 Å². The fourth-order valence-electron chi connectivity index (χ4n) is 1.21. The molecule has 2 aromatic heterocycles. The molecule has 0 atom stereocenters. The highest BCUT2D eigenvalue weighted by Gasteiger charge is 2.11. The van der Waals surface area contributed by atoms with Gasteiger partial charge in [-0.1, -0.05) is 0 Å². The van der Waals surface area contributed by atoms with Crippen molar-refractivity contribution in [3.63, 3.8) is 0 Å². The molecule has 0 unspecified atom stereocenters. The number of methoxy groups -OCH3 is 1. The number of aromatic nitrogens is 4. The van der Waals surface area contributed by atoms with Gasteiger partial charge in [0.2, 0.25) is 0 Å². The number of imidazole rings is 1. The van der Waals surface area contributed by atoms with Gasteiger partial charge in [0.05, 0.1) is 13.4 Å². The number of rotatable bonds is 2. The van der Waals surface area contributed by atoms with Crippen LogP contribution in [-0.2, 0) is 0 Å². The summed E-state index contributed by atoms with van der Waals surface area (Å²) in [5, 5.41) is 0. The number of H-pyrrole nitrogens is 1. The van der Waals surface area contributed by atoms with E-state index in [1.54, 1.807) is 6.33 Å². The Labute approximate surface area is 80.9 Å². The molecule has 0 saturated carbocycles. The molecule has 0 aliphatic carbocycles. The normalized spacial score (nSPS) is 10.5. The molecular formula is C8H11N5O. The molecule has 14 heavy (non-hydrogen) atoms. The second-order valence-electron chi connectivity index (χ2n) is 3.03. The number of anilines is 1. The third-order valence-corrected chi connectivity index (χ3v) is 1.85. The van der Waals surface area contributed by atoms with Crippen molar-refractivity contribution in [1.29, 1.82) is 0 Å². The van der Waals surface area contributed by atoms with Crippen molar-refractivity contribution in [3.8, 4) is 6.01 Å². The second kappa shape index (κ2) is 3.13. The average Bonchev–Trinajstić information content (AvgIpc) is 2.63. The number of nitrogens with zero attached hydrogens (tertiary/aromatic N) is 4. The first kappa shape index (κ1) is 8.74. The Morgan fingerprint density at radius 2 is 2.14 bits per heavy atom. The third-order valence-electron chi connectivity index (χ3n) is 1.85. The van der Waals surface area contributed by atoms with E-state index in [9.17, 15) is 0 Å². The fourth-order valence-corrected chi connectivity index (χ4v) is 1.21. The third kappa shape index (κ3) is 1.24. The zero-order valence-electron chi connectivity index (χ0n) is 8.27. The maximum atomic E-state index is 4.98. The summed E-state index contributed by atoms with van der Waals surface area (Å²) in [4.78, 5) is 17.2. The lowest BCUT2D eigenvalue weighted by atomic mass is 10.5. The molecular weight excluding hydrogens is 182 g/mol. The molecule has 0 bridgehead atoms. The van der Waals surface area contributed by atoms with Gasteiger partial charge in [0, 0.05) is 14.1 Å². The molecule has 0 saturated heterocycles. The standard InChI is InChI=1S/C8H11N5O/c1-13(2)7-5-6(10-4-9-5)11-8(12-7)14-3/h4H,1-3H3,(H,9,10,11,12). The predicted octanol–water partition coefficient (Wildman–Crippen LogP) is 0.428. The number of fused-ring (bicyclic) bond motifs is 1. The highest BCUT2D eigenvalue weighted by Crippen LogP contribution is 2.21. The largest absolute Gasteiger partial charge is 0.467 e. The summed E-state index contributed by atoms with van der Waals surface area (Å²) in [5.74, 6) is 0.768. The summed E-state index contributed by atoms with van der Waals surface area (Å²) >= 11 is 0. The molecule has 2 heterocycles. The number of ether oxygens (including phenoxy) is 1.